The molecule has 4 rings (SSSR count). The van der Waals surface area contributed by atoms with Crippen LogP contribution >= 0.6 is 0 Å². The summed E-state index contributed by atoms with van der Waals surface area (Å²) >= 11 is 0. The Morgan fingerprint density at radius 3 is 2.00 bits per heavy atom. The lowest BCUT2D eigenvalue weighted by Gasteiger charge is -2.13. The fourth-order valence-electron chi connectivity index (χ4n) is 2.97. The topological polar surface area (TPSA) is 26.0 Å². The Hall–Kier alpha value is -2.28. The van der Waals surface area contributed by atoms with Gasteiger partial charge in [0.1, 0.15) is 0 Å². The minimum atomic E-state index is 0.860. The number of aryl methyl sites for hydroxylation is 1. The van der Waals surface area contributed by atoms with Crippen molar-refractivity contribution in [1.29, 1.82) is 0 Å². The van der Waals surface area contributed by atoms with E-state index in [2.05, 4.69) is 49.4 Å². The van der Waals surface area contributed by atoms with Crippen LogP contribution in [0.2, 0.25) is 0 Å². The van der Waals surface area contributed by atoms with Crippen molar-refractivity contribution in [2.75, 3.05) is 5.73 Å². The summed E-state index contributed by atoms with van der Waals surface area (Å²) in [4.78, 5) is 0. The number of benzene rings is 4. The molecule has 1 heteroatoms. The van der Waals surface area contributed by atoms with Crippen LogP contribution in [0.4, 0.5) is 5.69 Å². The zero-order chi connectivity index (χ0) is 12.3. The normalized spacial score (nSPS) is 11.8. The molecule has 0 aliphatic heterocycles. The van der Waals surface area contributed by atoms with Gasteiger partial charge in [0.25, 0.3) is 0 Å². The van der Waals surface area contributed by atoms with Crippen molar-refractivity contribution in [2.45, 2.75) is 6.92 Å². The third-order valence-electron chi connectivity index (χ3n) is 3.92. The molecule has 0 atom stereocenters. The summed E-state index contributed by atoms with van der Waals surface area (Å²) in [5.74, 6) is 0. The number of nitrogens with two attached hydrogens (primary N) is 1. The van der Waals surface area contributed by atoms with Gasteiger partial charge in [0.05, 0.1) is 0 Å². The smallest absolute Gasteiger partial charge is 0.0394 e. The van der Waals surface area contributed by atoms with Crippen molar-refractivity contribution in [3.63, 3.8) is 0 Å². The highest BCUT2D eigenvalue weighted by atomic mass is 14.5. The van der Waals surface area contributed by atoms with Crippen LogP contribution in [0.3, 0.4) is 0 Å². The van der Waals surface area contributed by atoms with E-state index in [0.29, 0.717) is 0 Å². The Balaban J connectivity index is 2.47. The molecule has 0 saturated heterocycles. The second-order valence-electron chi connectivity index (χ2n) is 4.96. The predicted octanol–water partition coefficient (Wildman–Crippen LogP) is 4.47. The maximum Gasteiger partial charge on any atom is 0.0394 e. The van der Waals surface area contributed by atoms with E-state index in [4.69, 9.17) is 5.73 Å². The van der Waals surface area contributed by atoms with Crippen molar-refractivity contribution in [3.05, 3.63) is 54.1 Å². The van der Waals surface area contributed by atoms with E-state index in [1.54, 1.807) is 0 Å². The van der Waals surface area contributed by atoms with Gasteiger partial charge in [0, 0.05) is 11.1 Å². The molecule has 2 N–H and O–H groups in total. The van der Waals surface area contributed by atoms with Crippen molar-refractivity contribution >= 4 is 38.0 Å². The zero-order valence-corrected chi connectivity index (χ0v) is 10.2. The Labute approximate surface area is 105 Å². The molecule has 0 heterocycles. The van der Waals surface area contributed by atoms with Gasteiger partial charge < -0.3 is 5.73 Å². The molecule has 0 amide bonds. The number of hydrogen-bond donors (Lipinski definition) is 1. The Bertz CT molecular complexity index is 815. The molecule has 18 heavy (non-hydrogen) atoms. The van der Waals surface area contributed by atoms with Crippen LogP contribution in [0.15, 0.2) is 48.5 Å². The quantitative estimate of drug-likeness (QED) is 0.350. The molecule has 0 radical (unpaired) electrons. The van der Waals surface area contributed by atoms with Crippen LogP contribution in [0.1, 0.15) is 5.56 Å². The van der Waals surface area contributed by atoms with E-state index < -0.39 is 0 Å². The summed E-state index contributed by atoms with van der Waals surface area (Å²) in [6.45, 7) is 2.16. The lowest BCUT2D eigenvalue weighted by Crippen LogP contribution is -1.90. The molecule has 0 aromatic heterocycles. The van der Waals surface area contributed by atoms with Crippen molar-refractivity contribution in [2.24, 2.45) is 0 Å². The van der Waals surface area contributed by atoms with Crippen LogP contribution in [0.25, 0.3) is 32.3 Å². The summed E-state index contributed by atoms with van der Waals surface area (Å²) < 4.78 is 0. The van der Waals surface area contributed by atoms with Gasteiger partial charge in [-0.2, -0.15) is 0 Å². The van der Waals surface area contributed by atoms with Crippen LogP contribution in [-0.4, -0.2) is 0 Å². The molecule has 1 nitrogen and oxygen atoms in total. The van der Waals surface area contributed by atoms with Crippen LogP contribution in [0.5, 0.6) is 0 Å². The second kappa shape index (κ2) is 3.14. The molecule has 4 aromatic carbocycles. The summed E-state index contributed by atoms with van der Waals surface area (Å²) in [5.41, 5.74) is 8.28. The van der Waals surface area contributed by atoms with E-state index in [-0.39, 0.29) is 0 Å². The number of anilines is 1. The minimum Gasteiger partial charge on any atom is -0.398 e. The summed E-state index contributed by atoms with van der Waals surface area (Å²) in [6, 6.07) is 17.2. The van der Waals surface area contributed by atoms with Gasteiger partial charge in [-0.1, -0.05) is 42.5 Å². The molecular weight excluding hydrogens is 218 g/mol. The van der Waals surface area contributed by atoms with Gasteiger partial charge in [-0.05, 0) is 45.5 Å². The molecule has 0 fully saturated rings. The highest BCUT2D eigenvalue weighted by Crippen LogP contribution is 2.37. The third-order valence-corrected chi connectivity index (χ3v) is 3.92. The van der Waals surface area contributed by atoms with E-state index >= 15 is 0 Å². The first-order chi connectivity index (χ1) is 8.75. The first-order valence-corrected chi connectivity index (χ1v) is 6.18. The minimum absolute atomic E-state index is 0.860. The maximum atomic E-state index is 6.10. The summed E-state index contributed by atoms with van der Waals surface area (Å²) in [5, 5.41) is 7.70. The molecule has 0 spiro atoms. The van der Waals surface area contributed by atoms with Crippen LogP contribution in [0, 0.1) is 6.92 Å². The third kappa shape index (κ3) is 1.06. The average Bonchev–Trinajstić information content (AvgIpc) is 2.40. The van der Waals surface area contributed by atoms with Gasteiger partial charge in [0.2, 0.25) is 0 Å². The first-order valence-electron chi connectivity index (χ1n) is 6.18. The monoisotopic (exact) mass is 231 g/mol. The van der Waals surface area contributed by atoms with E-state index in [0.717, 1.165) is 11.1 Å². The van der Waals surface area contributed by atoms with Gasteiger partial charge in [-0.25, -0.2) is 0 Å². The molecule has 0 aliphatic carbocycles. The lowest BCUT2D eigenvalue weighted by molar-refractivity contribution is 1.55. The van der Waals surface area contributed by atoms with E-state index in [1.807, 2.05) is 6.07 Å². The number of hydrogen-bond acceptors (Lipinski definition) is 1. The van der Waals surface area contributed by atoms with Crippen molar-refractivity contribution < 1.29 is 0 Å². The highest BCUT2D eigenvalue weighted by Gasteiger charge is 2.10. The van der Waals surface area contributed by atoms with Crippen LogP contribution < -0.4 is 5.73 Å². The van der Waals surface area contributed by atoms with Crippen LogP contribution in [-0.2, 0) is 0 Å². The molecule has 0 saturated carbocycles. The van der Waals surface area contributed by atoms with Crippen molar-refractivity contribution in [1.82, 2.24) is 0 Å². The Morgan fingerprint density at radius 1 is 0.667 bits per heavy atom. The van der Waals surface area contributed by atoms with Gasteiger partial charge in [0.15, 0.2) is 0 Å². The first kappa shape index (κ1) is 9.72. The molecule has 86 valence electrons. The van der Waals surface area contributed by atoms with Gasteiger partial charge in [-0.3, -0.25) is 0 Å². The lowest BCUT2D eigenvalue weighted by atomic mass is 9.92. The van der Waals surface area contributed by atoms with E-state index in [1.165, 1.54) is 32.5 Å². The molecule has 0 unspecified atom stereocenters. The Kier molecular flexibility index (Phi) is 1.69. The zero-order valence-electron chi connectivity index (χ0n) is 10.2. The average molecular weight is 231 g/mol. The molecular formula is C17H13N. The van der Waals surface area contributed by atoms with E-state index in [9.17, 15) is 0 Å². The molecule has 4 aromatic rings. The highest BCUT2D eigenvalue weighted by molar-refractivity contribution is 6.25. The second-order valence-corrected chi connectivity index (χ2v) is 4.96. The fourth-order valence-corrected chi connectivity index (χ4v) is 2.97. The van der Waals surface area contributed by atoms with Crippen molar-refractivity contribution in [3.8, 4) is 0 Å². The van der Waals surface area contributed by atoms with Gasteiger partial charge in [-0.15, -0.1) is 0 Å². The fraction of sp³-hybridized carbons (Fsp3) is 0.0588. The standard InChI is InChI=1S/C17H13N/c1-10-2-3-11-4-5-12-6-9-15(18)14-8-7-13(10)16(11)17(12)14/h2-9H,18H2,1H3. The predicted molar refractivity (Wildman–Crippen MR) is 79.3 cm³/mol. The SMILES string of the molecule is Cc1ccc2ccc3ccc(N)c4ccc1c2c34. The largest absolute Gasteiger partial charge is 0.398 e. The number of nitrogen functional groups attached to an aromatic ring is 1. The molecule has 0 bridgehead atoms. The maximum absolute atomic E-state index is 6.10. The summed E-state index contributed by atoms with van der Waals surface area (Å²) in [6.07, 6.45) is 0. The van der Waals surface area contributed by atoms with Gasteiger partial charge >= 0.3 is 0 Å². The summed E-state index contributed by atoms with van der Waals surface area (Å²) in [7, 11) is 0. The number of rotatable bonds is 0. The Morgan fingerprint density at radius 2 is 1.22 bits per heavy atom. The molecule has 0 aliphatic rings.